The number of halogens is 3. The summed E-state index contributed by atoms with van der Waals surface area (Å²) in [6.45, 7) is 0.961. The Morgan fingerprint density at radius 1 is 1.38 bits per heavy atom. The first-order valence-corrected chi connectivity index (χ1v) is 3.74. The van der Waals surface area contributed by atoms with Crippen molar-refractivity contribution in [3.8, 4) is 0 Å². The van der Waals surface area contributed by atoms with Crippen LogP contribution in [0.25, 0.3) is 0 Å². The van der Waals surface area contributed by atoms with E-state index in [-0.39, 0.29) is 5.69 Å². The van der Waals surface area contributed by atoms with Crippen molar-refractivity contribution >= 4 is 0 Å². The van der Waals surface area contributed by atoms with Gasteiger partial charge in [-0.15, -0.1) is 0 Å². The Bertz CT molecular complexity index is 299. The van der Waals surface area contributed by atoms with Gasteiger partial charge in [0.2, 0.25) is 0 Å². The maximum absolute atomic E-state index is 12.4. The first kappa shape index (κ1) is 10.1. The average molecular weight is 192 g/mol. The van der Waals surface area contributed by atoms with E-state index in [1.165, 1.54) is 29.9 Å². The number of nitrogens with zero attached hydrogens (tertiary/aromatic N) is 1. The van der Waals surface area contributed by atoms with Crippen LogP contribution in [0.5, 0.6) is 0 Å². The zero-order valence-electron chi connectivity index (χ0n) is 7.39. The minimum atomic E-state index is -4.43. The fourth-order valence-corrected chi connectivity index (χ4v) is 1.15. The predicted molar refractivity (Wildman–Crippen MR) is 43.0 cm³/mol. The van der Waals surface area contributed by atoms with Crippen molar-refractivity contribution in [2.45, 2.75) is 18.6 Å². The van der Waals surface area contributed by atoms with Crippen molar-refractivity contribution in [3.05, 3.63) is 24.0 Å². The Hall–Kier alpha value is -0.970. The monoisotopic (exact) mass is 192 g/mol. The number of nitrogens with two attached hydrogens (primary N) is 1. The molecule has 0 aromatic carbocycles. The third-order valence-electron chi connectivity index (χ3n) is 2.06. The van der Waals surface area contributed by atoms with Gasteiger partial charge in [-0.3, -0.25) is 0 Å². The molecule has 1 atom stereocenters. The number of alkyl halides is 3. The fraction of sp³-hybridized carbons (Fsp3) is 0.500. The quantitative estimate of drug-likeness (QED) is 0.722. The summed E-state index contributed by atoms with van der Waals surface area (Å²) in [7, 11) is 1.53. The molecule has 0 radical (unpaired) electrons. The number of aromatic nitrogens is 1. The zero-order valence-corrected chi connectivity index (χ0v) is 7.39. The summed E-state index contributed by atoms with van der Waals surface area (Å²) >= 11 is 0. The highest BCUT2D eigenvalue weighted by molar-refractivity contribution is 5.18. The van der Waals surface area contributed by atoms with Crippen LogP contribution in [0, 0.1) is 0 Å². The lowest BCUT2D eigenvalue weighted by Crippen LogP contribution is -2.48. The van der Waals surface area contributed by atoms with Gasteiger partial charge in [0.1, 0.15) is 0 Å². The Morgan fingerprint density at radius 2 is 1.92 bits per heavy atom. The largest absolute Gasteiger partial charge is 0.411 e. The van der Waals surface area contributed by atoms with Gasteiger partial charge in [0, 0.05) is 18.9 Å². The van der Waals surface area contributed by atoms with Gasteiger partial charge in [0.05, 0.1) is 0 Å². The number of hydrogen-bond donors (Lipinski definition) is 1. The van der Waals surface area contributed by atoms with Gasteiger partial charge in [-0.25, -0.2) is 0 Å². The fourth-order valence-electron chi connectivity index (χ4n) is 1.15. The minimum Gasteiger partial charge on any atom is -0.353 e. The Balaban J connectivity index is 3.15. The van der Waals surface area contributed by atoms with E-state index in [0.717, 1.165) is 6.92 Å². The highest BCUT2D eigenvalue weighted by Gasteiger charge is 2.50. The molecule has 0 aliphatic heterocycles. The lowest BCUT2D eigenvalue weighted by molar-refractivity contribution is -0.185. The summed E-state index contributed by atoms with van der Waals surface area (Å²) in [6, 6.07) is 2.90. The summed E-state index contributed by atoms with van der Waals surface area (Å²) in [5.41, 5.74) is 2.98. The van der Waals surface area contributed by atoms with Gasteiger partial charge in [-0.05, 0) is 19.1 Å². The molecule has 0 spiro atoms. The summed E-state index contributed by atoms with van der Waals surface area (Å²) in [6.07, 6.45) is -2.90. The second kappa shape index (κ2) is 2.77. The molecule has 0 fully saturated rings. The second-order valence-corrected chi connectivity index (χ2v) is 3.20. The van der Waals surface area contributed by atoms with Crippen LogP contribution in [0.1, 0.15) is 12.6 Å². The molecule has 1 aromatic heterocycles. The average Bonchev–Trinajstić information content (AvgIpc) is 2.32. The number of aryl methyl sites for hydroxylation is 1. The molecule has 2 N–H and O–H groups in total. The van der Waals surface area contributed by atoms with Gasteiger partial charge in [0.15, 0.2) is 5.54 Å². The second-order valence-electron chi connectivity index (χ2n) is 3.20. The highest BCUT2D eigenvalue weighted by atomic mass is 19.4. The molecule has 0 aliphatic rings. The molecule has 0 amide bonds. The Kier molecular flexibility index (Phi) is 2.15. The topological polar surface area (TPSA) is 30.9 Å². The molecule has 2 nitrogen and oxygen atoms in total. The van der Waals surface area contributed by atoms with Crippen molar-refractivity contribution in [1.82, 2.24) is 4.57 Å². The SMILES string of the molecule is Cn1cccc1[C@](C)(N)C(F)(F)F. The molecular formula is C8H11F3N2. The Morgan fingerprint density at radius 3 is 2.23 bits per heavy atom. The van der Waals surface area contributed by atoms with Crippen molar-refractivity contribution < 1.29 is 13.2 Å². The van der Waals surface area contributed by atoms with Crippen molar-refractivity contribution in [3.63, 3.8) is 0 Å². The van der Waals surface area contributed by atoms with Crippen molar-refractivity contribution in [1.29, 1.82) is 0 Å². The molecule has 13 heavy (non-hydrogen) atoms. The van der Waals surface area contributed by atoms with Crippen LogP contribution in [0.3, 0.4) is 0 Å². The molecule has 0 aliphatic carbocycles. The van der Waals surface area contributed by atoms with E-state index in [2.05, 4.69) is 0 Å². The van der Waals surface area contributed by atoms with E-state index in [1.54, 1.807) is 0 Å². The molecule has 0 bridgehead atoms. The van der Waals surface area contributed by atoms with Gasteiger partial charge in [-0.1, -0.05) is 0 Å². The van der Waals surface area contributed by atoms with E-state index in [1.807, 2.05) is 0 Å². The lowest BCUT2D eigenvalue weighted by Gasteiger charge is -2.28. The molecule has 5 heteroatoms. The van der Waals surface area contributed by atoms with Crippen LogP contribution in [-0.4, -0.2) is 10.7 Å². The lowest BCUT2D eigenvalue weighted by atomic mass is 9.99. The number of rotatable bonds is 1. The van der Waals surface area contributed by atoms with Crippen LogP contribution in [0.15, 0.2) is 18.3 Å². The molecular weight excluding hydrogens is 181 g/mol. The van der Waals surface area contributed by atoms with Gasteiger partial charge >= 0.3 is 6.18 Å². The van der Waals surface area contributed by atoms with Gasteiger partial charge < -0.3 is 10.3 Å². The summed E-state index contributed by atoms with van der Waals surface area (Å²) in [5, 5.41) is 0. The van der Waals surface area contributed by atoms with Crippen LogP contribution in [0.4, 0.5) is 13.2 Å². The molecule has 1 rings (SSSR count). The van der Waals surface area contributed by atoms with Crippen LogP contribution < -0.4 is 5.73 Å². The van der Waals surface area contributed by atoms with E-state index in [4.69, 9.17) is 5.73 Å². The van der Waals surface area contributed by atoms with Crippen molar-refractivity contribution in [2.24, 2.45) is 12.8 Å². The molecule has 0 saturated heterocycles. The smallest absolute Gasteiger partial charge is 0.353 e. The van der Waals surface area contributed by atoms with E-state index in [0.29, 0.717) is 0 Å². The molecule has 1 heterocycles. The maximum atomic E-state index is 12.4. The predicted octanol–water partition coefficient (Wildman–Crippen LogP) is 1.76. The van der Waals surface area contributed by atoms with Crippen LogP contribution >= 0.6 is 0 Å². The zero-order chi connectivity index (χ0) is 10.3. The van der Waals surface area contributed by atoms with Crippen LogP contribution in [-0.2, 0) is 12.6 Å². The molecule has 0 unspecified atom stereocenters. The standard InChI is InChI=1S/C8H11F3N2/c1-7(12,8(9,10)11)6-4-3-5-13(6)2/h3-5H,12H2,1-2H3/t7-/m0/s1. The van der Waals surface area contributed by atoms with Gasteiger partial charge in [0.25, 0.3) is 0 Å². The third-order valence-corrected chi connectivity index (χ3v) is 2.06. The van der Waals surface area contributed by atoms with Gasteiger partial charge in [-0.2, -0.15) is 13.2 Å². The summed E-state index contributed by atoms with van der Waals surface area (Å²) in [5.74, 6) is 0. The third kappa shape index (κ3) is 1.56. The normalized spacial score (nSPS) is 17.1. The highest BCUT2D eigenvalue weighted by Crippen LogP contribution is 2.35. The Labute approximate surface area is 74.1 Å². The first-order chi connectivity index (χ1) is 5.77. The number of hydrogen-bond acceptors (Lipinski definition) is 1. The van der Waals surface area contributed by atoms with Crippen LogP contribution in [0.2, 0.25) is 0 Å². The van der Waals surface area contributed by atoms with Crippen molar-refractivity contribution in [2.75, 3.05) is 0 Å². The molecule has 74 valence electrons. The minimum absolute atomic E-state index is 0.0556. The molecule has 0 saturated carbocycles. The first-order valence-electron chi connectivity index (χ1n) is 3.74. The van der Waals surface area contributed by atoms with E-state index >= 15 is 0 Å². The van der Waals surface area contributed by atoms with E-state index in [9.17, 15) is 13.2 Å². The maximum Gasteiger partial charge on any atom is 0.411 e. The summed E-state index contributed by atoms with van der Waals surface area (Å²) < 4.78 is 38.7. The van der Waals surface area contributed by atoms with E-state index < -0.39 is 11.7 Å². The summed E-state index contributed by atoms with van der Waals surface area (Å²) in [4.78, 5) is 0. The molecule has 1 aromatic rings.